The Kier molecular flexibility index (Phi) is 4.11. The van der Waals surface area contributed by atoms with E-state index < -0.39 is 0 Å². The molecule has 2 amide bonds. The number of fused-ring (bicyclic) bond motifs is 1. The Morgan fingerprint density at radius 3 is 2.08 bits per heavy atom. The molecule has 0 fully saturated rings. The molecule has 3 N–H and O–H groups in total. The molecular formula is C21H16FN3O. The van der Waals surface area contributed by atoms with Crippen LogP contribution in [0, 0.1) is 5.82 Å². The average Bonchev–Trinajstić information content (AvgIpc) is 3.08. The number of hydrogen-bond acceptors (Lipinski definition) is 1. The molecule has 128 valence electrons. The monoisotopic (exact) mass is 345 g/mol. The van der Waals surface area contributed by atoms with Crippen LogP contribution in [-0.2, 0) is 0 Å². The third kappa shape index (κ3) is 3.42. The highest BCUT2D eigenvalue weighted by Gasteiger charge is 2.05. The van der Waals surface area contributed by atoms with Gasteiger partial charge in [-0.25, -0.2) is 9.18 Å². The zero-order valence-electron chi connectivity index (χ0n) is 13.8. The summed E-state index contributed by atoms with van der Waals surface area (Å²) in [7, 11) is 0. The minimum Gasteiger partial charge on any atom is -0.355 e. The van der Waals surface area contributed by atoms with Gasteiger partial charge in [-0.3, -0.25) is 0 Å². The van der Waals surface area contributed by atoms with Crippen molar-refractivity contribution in [3.8, 4) is 11.3 Å². The minimum atomic E-state index is -0.380. The lowest BCUT2D eigenvalue weighted by Gasteiger charge is -2.08. The molecule has 0 spiro atoms. The lowest BCUT2D eigenvalue weighted by Crippen LogP contribution is -2.19. The number of aromatic amines is 1. The number of rotatable bonds is 3. The van der Waals surface area contributed by atoms with E-state index in [2.05, 4.69) is 27.8 Å². The minimum absolute atomic E-state index is 0.344. The number of benzene rings is 3. The van der Waals surface area contributed by atoms with Gasteiger partial charge in [0.05, 0.1) is 0 Å². The SMILES string of the molecule is O=C(Nc1ccc(F)cc1)Nc1ccc(-c2cc3ccccc3[nH]2)cc1. The summed E-state index contributed by atoms with van der Waals surface area (Å²) in [6, 6.07) is 23.0. The topological polar surface area (TPSA) is 56.9 Å². The van der Waals surface area contributed by atoms with Crippen LogP contribution in [0.3, 0.4) is 0 Å². The molecule has 0 saturated heterocycles. The molecule has 0 unspecified atom stereocenters. The first-order valence-corrected chi connectivity index (χ1v) is 8.19. The Balaban J connectivity index is 1.45. The van der Waals surface area contributed by atoms with Crippen molar-refractivity contribution in [1.29, 1.82) is 0 Å². The number of hydrogen-bond donors (Lipinski definition) is 3. The molecule has 26 heavy (non-hydrogen) atoms. The second-order valence-electron chi connectivity index (χ2n) is 5.93. The summed E-state index contributed by atoms with van der Waals surface area (Å²) in [5.41, 5.74) is 4.34. The maximum Gasteiger partial charge on any atom is 0.323 e. The molecule has 5 heteroatoms. The fraction of sp³-hybridized carbons (Fsp3) is 0. The molecule has 0 atom stereocenters. The summed E-state index contributed by atoms with van der Waals surface area (Å²) in [5.74, 6) is -0.344. The lowest BCUT2D eigenvalue weighted by molar-refractivity contribution is 0.262. The molecule has 3 aromatic carbocycles. The summed E-state index contributed by atoms with van der Waals surface area (Å²) in [6.07, 6.45) is 0. The van der Waals surface area contributed by atoms with Crippen LogP contribution in [0.2, 0.25) is 0 Å². The zero-order valence-corrected chi connectivity index (χ0v) is 13.8. The number of halogens is 1. The Labute approximate surface area is 149 Å². The van der Waals surface area contributed by atoms with Gasteiger partial charge < -0.3 is 15.6 Å². The van der Waals surface area contributed by atoms with Crippen LogP contribution < -0.4 is 10.6 Å². The summed E-state index contributed by atoms with van der Waals surface area (Å²) in [4.78, 5) is 15.4. The highest BCUT2D eigenvalue weighted by Crippen LogP contribution is 2.25. The van der Waals surface area contributed by atoms with Gasteiger partial charge in [0.25, 0.3) is 0 Å². The van der Waals surface area contributed by atoms with E-state index in [-0.39, 0.29) is 11.8 Å². The predicted octanol–water partition coefficient (Wildman–Crippen LogP) is 5.62. The van der Waals surface area contributed by atoms with Gasteiger partial charge in [0, 0.05) is 28.0 Å². The van der Waals surface area contributed by atoms with Crippen LogP contribution in [0.1, 0.15) is 0 Å². The van der Waals surface area contributed by atoms with Crippen LogP contribution in [0.15, 0.2) is 78.9 Å². The van der Waals surface area contributed by atoms with Crippen molar-refractivity contribution in [2.24, 2.45) is 0 Å². The summed E-state index contributed by atoms with van der Waals surface area (Å²) < 4.78 is 12.9. The van der Waals surface area contributed by atoms with E-state index in [0.717, 1.165) is 22.2 Å². The van der Waals surface area contributed by atoms with Crippen LogP contribution in [-0.4, -0.2) is 11.0 Å². The van der Waals surface area contributed by atoms with E-state index in [1.165, 1.54) is 24.3 Å². The third-order valence-electron chi connectivity index (χ3n) is 4.09. The van der Waals surface area contributed by atoms with Crippen LogP contribution in [0.25, 0.3) is 22.2 Å². The molecule has 0 aliphatic rings. The first kappa shape index (κ1) is 15.9. The van der Waals surface area contributed by atoms with E-state index in [4.69, 9.17) is 0 Å². The van der Waals surface area contributed by atoms with Gasteiger partial charge in [-0.15, -0.1) is 0 Å². The Morgan fingerprint density at radius 2 is 1.42 bits per heavy atom. The van der Waals surface area contributed by atoms with E-state index in [1.807, 2.05) is 42.5 Å². The Hall–Kier alpha value is -3.60. The number of nitrogens with one attached hydrogen (secondary N) is 3. The van der Waals surface area contributed by atoms with Gasteiger partial charge in [-0.2, -0.15) is 0 Å². The van der Waals surface area contributed by atoms with Gasteiger partial charge >= 0.3 is 6.03 Å². The number of para-hydroxylation sites is 1. The predicted molar refractivity (Wildman–Crippen MR) is 103 cm³/mol. The van der Waals surface area contributed by atoms with Gasteiger partial charge in [0.2, 0.25) is 0 Å². The van der Waals surface area contributed by atoms with Crippen molar-refractivity contribution in [1.82, 2.24) is 4.98 Å². The molecule has 4 nitrogen and oxygen atoms in total. The maximum atomic E-state index is 12.9. The van der Waals surface area contributed by atoms with Crippen molar-refractivity contribution in [2.45, 2.75) is 0 Å². The smallest absolute Gasteiger partial charge is 0.323 e. The van der Waals surface area contributed by atoms with Gasteiger partial charge in [0.15, 0.2) is 0 Å². The molecule has 0 saturated carbocycles. The van der Waals surface area contributed by atoms with Gasteiger partial charge in [-0.1, -0.05) is 30.3 Å². The molecular weight excluding hydrogens is 329 g/mol. The summed E-state index contributed by atoms with van der Waals surface area (Å²) in [6.45, 7) is 0. The third-order valence-corrected chi connectivity index (χ3v) is 4.09. The fourth-order valence-corrected chi connectivity index (χ4v) is 2.79. The Bertz CT molecular complexity index is 1020. The molecule has 0 radical (unpaired) electrons. The second kappa shape index (κ2) is 6.72. The van der Waals surface area contributed by atoms with Crippen molar-refractivity contribution in [3.05, 3.63) is 84.7 Å². The molecule has 1 heterocycles. The van der Waals surface area contributed by atoms with Crippen LogP contribution in [0.5, 0.6) is 0 Å². The Morgan fingerprint density at radius 1 is 0.808 bits per heavy atom. The molecule has 4 rings (SSSR count). The summed E-state index contributed by atoms with van der Waals surface area (Å²) >= 11 is 0. The quantitative estimate of drug-likeness (QED) is 0.443. The number of urea groups is 1. The van der Waals surface area contributed by atoms with E-state index >= 15 is 0 Å². The number of H-pyrrole nitrogens is 1. The summed E-state index contributed by atoms with van der Waals surface area (Å²) in [5, 5.41) is 6.57. The number of carbonyl (C=O) groups is 1. The molecule has 0 aliphatic heterocycles. The standard InChI is InChI=1S/C21H16FN3O/c22-16-7-11-18(12-8-16)24-21(26)23-17-9-5-14(6-10-17)20-13-15-3-1-2-4-19(15)25-20/h1-13,25H,(H2,23,24,26). The second-order valence-corrected chi connectivity index (χ2v) is 5.93. The number of anilines is 2. The molecule has 0 bridgehead atoms. The zero-order chi connectivity index (χ0) is 17.9. The molecule has 0 aliphatic carbocycles. The number of amides is 2. The number of carbonyl (C=O) groups excluding carboxylic acids is 1. The molecule has 1 aromatic heterocycles. The first-order valence-electron chi connectivity index (χ1n) is 8.19. The van der Waals surface area contributed by atoms with Crippen LogP contribution >= 0.6 is 0 Å². The van der Waals surface area contributed by atoms with Crippen molar-refractivity contribution >= 4 is 28.3 Å². The number of aromatic nitrogens is 1. The normalized spacial score (nSPS) is 10.7. The van der Waals surface area contributed by atoms with Crippen molar-refractivity contribution in [2.75, 3.05) is 10.6 Å². The van der Waals surface area contributed by atoms with Crippen LogP contribution in [0.4, 0.5) is 20.6 Å². The largest absolute Gasteiger partial charge is 0.355 e. The van der Waals surface area contributed by atoms with Gasteiger partial charge in [-0.05, 0) is 54.1 Å². The van der Waals surface area contributed by atoms with Crippen molar-refractivity contribution < 1.29 is 9.18 Å². The van der Waals surface area contributed by atoms with E-state index in [9.17, 15) is 9.18 Å². The average molecular weight is 345 g/mol. The highest BCUT2D eigenvalue weighted by molar-refractivity contribution is 5.99. The lowest BCUT2D eigenvalue weighted by atomic mass is 10.1. The maximum absolute atomic E-state index is 12.9. The van der Waals surface area contributed by atoms with E-state index in [1.54, 1.807) is 0 Å². The van der Waals surface area contributed by atoms with E-state index in [0.29, 0.717) is 11.4 Å². The molecule has 4 aromatic rings. The van der Waals surface area contributed by atoms with Crippen molar-refractivity contribution in [3.63, 3.8) is 0 Å². The highest BCUT2D eigenvalue weighted by atomic mass is 19.1. The van der Waals surface area contributed by atoms with Gasteiger partial charge in [0.1, 0.15) is 5.82 Å². The first-order chi connectivity index (χ1) is 12.7. The fourth-order valence-electron chi connectivity index (χ4n) is 2.79.